The maximum atomic E-state index is 12.3. The molecule has 3 aromatic rings. The van der Waals surface area contributed by atoms with Gasteiger partial charge in [-0.2, -0.15) is 0 Å². The van der Waals surface area contributed by atoms with Crippen molar-refractivity contribution in [2.75, 3.05) is 29.1 Å². The van der Waals surface area contributed by atoms with Crippen molar-refractivity contribution in [3.05, 3.63) is 71.9 Å². The van der Waals surface area contributed by atoms with E-state index in [1.165, 1.54) is 22.9 Å². The van der Waals surface area contributed by atoms with Crippen LogP contribution < -0.4 is 15.0 Å². The molecule has 1 aromatic heterocycles. The number of nitrogens with one attached hydrogen (secondary N) is 1. The number of rotatable bonds is 7. The van der Waals surface area contributed by atoms with E-state index in [2.05, 4.69) is 44.5 Å². The maximum absolute atomic E-state index is 12.3. The van der Waals surface area contributed by atoms with Crippen LogP contribution in [0.4, 0.5) is 11.5 Å². The van der Waals surface area contributed by atoms with Crippen LogP contribution in [-0.2, 0) is 17.8 Å². The molecule has 0 unspecified atom stereocenters. The van der Waals surface area contributed by atoms with Gasteiger partial charge in [0.05, 0.1) is 12.4 Å². The van der Waals surface area contributed by atoms with Gasteiger partial charge in [-0.1, -0.05) is 36.0 Å². The molecule has 0 spiro atoms. The number of fused-ring (bicyclic) bond motifs is 1. The van der Waals surface area contributed by atoms with Gasteiger partial charge in [-0.3, -0.25) is 4.79 Å². The molecule has 0 saturated heterocycles. The number of hydrogen-bond donors (Lipinski definition) is 1. The summed E-state index contributed by atoms with van der Waals surface area (Å²) in [6.07, 6.45) is 2.77. The van der Waals surface area contributed by atoms with Gasteiger partial charge in [-0.05, 0) is 54.8 Å². The Balaban J connectivity index is 1.33. The van der Waals surface area contributed by atoms with Gasteiger partial charge in [0.2, 0.25) is 5.91 Å². The second-order valence-corrected chi connectivity index (χ2v) is 7.87. The molecule has 0 saturated carbocycles. The number of amides is 1. The van der Waals surface area contributed by atoms with E-state index in [4.69, 9.17) is 4.74 Å². The Morgan fingerprint density at radius 1 is 1.13 bits per heavy atom. The molecule has 6 nitrogen and oxygen atoms in total. The van der Waals surface area contributed by atoms with Crippen LogP contribution in [0.3, 0.4) is 0 Å². The molecular weight excluding hydrogens is 396 g/mol. The molecule has 30 heavy (non-hydrogen) atoms. The Labute approximate surface area is 180 Å². The highest BCUT2D eigenvalue weighted by atomic mass is 32.2. The van der Waals surface area contributed by atoms with E-state index in [-0.39, 0.29) is 11.7 Å². The Morgan fingerprint density at radius 3 is 2.73 bits per heavy atom. The minimum absolute atomic E-state index is 0.0925. The topological polar surface area (TPSA) is 67.3 Å². The number of thioether (sulfide) groups is 1. The number of ether oxygens (including phenoxy) is 1. The van der Waals surface area contributed by atoms with Crippen LogP contribution in [0.5, 0.6) is 5.75 Å². The first-order chi connectivity index (χ1) is 14.7. The van der Waals surface area contributed by atoms with Crippen LogP contribution >= 0.6 is 11.8 Å². The lowest BCUT2D eigenvalue weighted by Gasteiger charge is -2.29. The molecule has 2 aromatic carbocycles. The fourth-order valence-electron chi connectivity index (χ4n) is 3.40. The number of aromatic nitrogens is 2. The Morgan fingerprint density at radius 2 is 1.93 bits per heavy atom. The predicted molar refractivity (Wildman–Crippen MR) is 120 cm³/mol. The second-order valence-electron chi connectivity index (χ2n) is 6.93. The zero-order valence-electron chi connectivity index (χ0n) is 16.9. The molecule has 0 atom stereocenters. The van der Waals surface area contributed by atoms with Gasteiger partial charge in [-0.15, -0.1) is 0 Å². The Hall–Kier alpha value is -3.06. The van der Waals surface area contributed by atoms with Crippen molar-refractivity contribution in [3.8, 4) is 5.75 Å². The lowest BCUT2D eigenvalue weighted by molar-refractivity contribution is -0.113. The Bertz CT molecular complexity index is 1010. The molecule has 0 fully saturated rings. The first-order valence-electron chi connectivity index (χ1n) is 10.0. The lowest BCUT2D eigenvalue weighted by atomic mass is 10.00. The van der Waals surface area contributed by atoms with Crippen molar-refractivity contribution in [1.82, 2.24) is 9.97 Å². The van der Waals surface area contributed by atoms with Gasteiger partial charge in [0.15, 0.2) is 5.16 Å². The van der Waals surface area contributed by atoms with Crippen molar-refractivity contribution >= 4 is 29.2 Å². The third kappa shape index (κ3) is 5.10. The normalized spacial score (nSPS) is 12.9. The summed E-state index contributed by atoms with van der Waals surface area (Å²) < 4.78 is 5.41. The molecule has 154 valence electrons. The van der Waals surface area contributed by atoms with Crippen molar-refractivity contribution in [1.29, 1.82) is 0 Å². The third-order valence-corrected chi connectivity index (χ3v) is 5.72. The van der Waals surface area contributed by atoms with Crippen molar-refractivity contribution in [2.24, 2.45) is 0 Å². The SMILES string of the molecule is CCOc1ccc(NC(=O)CSc2nccc(N3CCc4ccccc4C3)n2)cc1. The molecule has 1 amide bonds. The summed E-state index contributed by atoms with van der Waals surface area (Å²) in [6, 6.07) is 17.8. The van der Waals surface area contributed by atoms with Crippen molar-refractivity contribution < 1.29 is 9.53 Å². The number of carbonyl (C=O) groups is 1. The summed E-state index contributed by atoms with van der Waals surface area (Å²) in [7, 11) is 0. The van der Waals surface area contributed by atoms with Crippen LogP contribution in [-0.4, -0.2) is 34.8 Å². The fraction of sp³-hybridized carbons (Fsp3) is 0.261. The van der Waals surface area contributed by atoms with Gasteiger partial charge in [0.1, 0.15) is 11.6 Å². The van der Waals surface area contributed by atoms with Gasteiger partial charge < -0.3 is 15.0 Å². The van der Waals surface area contributed by atoms with Gasteiger partial charge in [-0.25, -0.2) is 9.97 Å². The van der Waals surface area contributed by atoms with E-state index in [1.807, 2.05) is 37.3 Å². The van der Waals surface area contributed by atoms with E-state index in [1.54, 1.807) is 6.20 Å². The number of anilines is 2. The second kappa shape index (κ2) is 9.63. The van der Waals surface area contributed by atoms with Crippen LogP contribution in [0, 0.1) is 0 Å². The summed E-state index contributed by atoms with van der Waals surface area (Å²) in [5.74, 6) is 1.84. The standard InChI is InChI=1S/C23H24N4O2S/c1-2-29-20-9-7-19(8-10-20)25-22(28)16-30-23-24-13-11-21(26-23)27-14-12-17-5-3-4-6-18(17)15-27/h3-11,13H,2,12,14-16H2,1H3,(H,25,28). The van der Waals surface area contributed by atoms with Crippen LogP contribution in [0.2, 0.25) is 0 Å². The van der Waals surface area contributed by atoms with Crippen LogP contribution in [0.1, 0.15) is 18.1 Å². The smallest absolute Gasteiger partial charge is 0.234 e. The average Bonchev–Trinajstić information content (AvgIpc) is 2.79. The quantitative estimate of drug-likeness (QED) is 0.457. The predicted octanol–water partition coefficient (Wildman–Crippen LogP) is 4.17. The fourth-order valence-corrected chi connectivity index (χ4v) is 4.02. The van der Waals surface area contributed by atoms with Crippen molar-refractivity contribution in [3.63, 3.8) is 0 Å². The monoisotopic (exact) mass is 420 g/mol. The first kappa shape index (κ1) is 20.2. The number of carbonyl (C=O) groups excluding carboxylic acids is 1. The molecule has 1 aliphatic rings. The van der Waals surface area contributed by atoms with Crippen molar-refractivity contribution in [2.45, 2.75) is 25.0 Å². The van der Waals surface area contributed by atoms with Gasteiger partial charge >= 0.3 is 0 Å². The lowest BCUT2D eigenvalue weighted by Crippen LogP contribution is -2.31. The summed E-state index contributed by atoms with van der Waals surface area (Å²) in [4.78, 5) is 23.5. The summed E-state index contributed by atoms with van der Waals surface area (Å²) >= 11 is 1.34. The highest BCUT2D eigenvalue weighted by Crippen LogP contribution is 2.24. The molecule has 4 rings (SSSR count). The van der Waals surface area contributed by atoms with E-state index >= 15 is 0 Å². The summed E-state index contributed by atoms with van der Waals surface area (Å²) in [5.41, 5.74) is 3.49. The molecule has 1 aliphatic heterocycles. The zero-order valence-corrected chi connectivity index (χ0v) is 17.7. The van der Waals surface area contributed by atoms with E-state index in [9.17, 15) is 4.79 Å². The minimum Gasteiger partial charge on any atom is -0.494 e. The maximum Gasteiger partial charge on any atom is 0.234 e. The highest BCUT2D eigenvalue weighted by molar-refractivity contribution is 7.99. The third-order valence-electron chi connectivity index (χ3n) is 4.85. The largest absolute Gasteiger partial charge is 0.494 e. The molecule has 0 radical (unpaired) electrons. The van der Waals surface area contributed by atoms with Crippen LogP contribution in [0.25, 0.3) is 0 Å². The zero-order chi connectivity index (χ0) is 20.8. The molecule has 0 aliphatic carbocycles. The Kier molecular flexibility index (Phi) is 6.49. The summed E-state index contributed by atoms with van der Waals surface area (Å²) in [5, 5.41) is 3.49. The first-order valence-corrected chi connectivity index (χ1v) is 11.0. The number of benzene rings is 2. The van der Waals surface area contributed by atoms with Gasteiger partial charge in [0, 0.05) is 25.0 Å². The van der Waals surface area contributed by atoms with Crippen LogP contribution in [0.15, 0.2) is 66.0 Å². The molecule has 7 heteroatoms. The average molecular weight is 421 g/mol. The molecule has 1 N–H and O–H groups in total. The number of nitrogens with zero attached hydrogens (tertiary/aromatic N) is 3. The highest BCUT2D eigenvalue weighted by Gasteiger charge is 2.17. The molecular formula is C23H24N4O2S. The van der Waals surface area contributed by atoms with E-state index < -0.39 is 0 Å². The van der Waals surface area contributed by atoms with E-state index in [0.717, 1.165) is 36.8 Å². The molecule has 0 bridgehead atoms. The van der Waals surface area contributed by atoms with E-state index in [0.29, 0.717) is 11.8 Å². The molecule has 2 heterocycles. The van der Waals surface area contributed by atoms with Gasteiger partial charge in [0.25, 0.3) is 0 Å². The summed E-state index contributed by atoms with van der Waals surface area (Å²) in [6.45, 7) is 4.32. The minimum atomic E-state index is -0.0925. The number of hydrogen-bond acceptors (Lipinski definition) is 6.